The summed E-state index contributed by atoms with van der Waals surface area (Å²) in [5.41, 5.74) is 9.45. The summed E-state index contributed by atoms with van der Waals surface area (Å²) in [6.45, 7) is 0. The molecule has 12 rings (SSSR count). The van der Waals surface area contributed by atoms with Gasteiger partial charge in [-0.3, -0.25) is 0 Å². The molecule has 0 atom stereocenters. The number of aromatic nitrogens is 1. The summed E-state index contributed by atoms with van der Waals surface area (Å²) in [7, 11) is 0. The Bertz CT molecular complexity index is 3330. The maximum atomic E-state index is 6.68. The van der Waals surface area contributed by atoms with Crippen molar-refractivity contribution in [1.82, 2.24) is 4.98 Å². The van der Waals surface area contributed by atoms with Crippen LogP contribution >= 0.6 is 34.0 Å². The van der Waals surface area contributed by atoms with Crippen molar-refractivity contribution in [1.29, 1.82) is 0 Å². The van der Waals surface area contributed by atoms with Crippen LogP contribution in [0.15, 0.2) is 174 Å². The lowest BCUT2D eigenvalue weighted by Gasteiger charge is -2.26. The smallest absolute Gasteiger partial charge is 0.143 e. The minimum absolute atomic E-state index is 0.883. The lowest BCUT2D eigenvalue weighted by Crippen LogP contribution is -2.09. The Morgan fingerprint density at radius 2 is 1.04 bits per heavy atom. The Kier molecular flexibility index (Phi) is 6.84. The minimum Gasteiger partial charge on any atom is -0.455 e. The van der Waals surface area contributed by atoms with Crippen molar-refractivity contribution in [3.8, 4) is 21.7 Å². The van der Waals surface area contributed by atoms with E-state index in [0.717, 1.165) is 70.9 Å². The van der Waals surface area contributed by atoms with Crippen molar-refractivity contribution in [3.05, 3.63) is 170 Å². The van der Waals surface area contributed by atoms with Gasteiger partial charge in [-0.2, -0.15) is 0 Å². The molecule has 258 valence electrons. The summed E-state index contributed by atoms with van der Waals surface area (Å²) < 4.78 is 13.1. The van der Waals surface area contributed by atoms with Crippen molar-refractivity contribution in [3.63, 3.8) is 0 Å². The molecule has 0 aliphatic heterocycles. The van der Waals surface area contributed by atoms with E-state index in [1.807, 2.05) is 28.7 Å². The first kappa shape index (κ1) is 31.1. The van der Waals surface area contributed by atoms with Crippen molar-refractivity contribution >= 4 is 124 Å². The fraction of sp³-hybridized carbons (Fsp3) is 0. The summed E-state index contributed by atoms with van der Waals surface area (Å²) in [4.78, 5) is 7.40. The van der Waals surface area contributed by atoms with E-state index in [4.69, 9.17) is 9.40 Å². The Hall–Kier alpha value is -6.31. The van der Waals surface area contributed by atoms with E-state index in [2.05, 4.69) is 169 Å². The molecule has 3 nitrogen and oxygen atoms in total. The molecule has 0 aliphatic rings. The number of rotatable bonds is 5. The zero-order valence-electron chi connectivity index (χ0n) is 29.2. The summed E-state index contributed by atoms with van der Waals surface area (Å²) >= 11 is 5.43. The number of nitrogens with zero attached hydrogens (tertiary/aromatic N) is 2. The van der Waals surface area contributed by atoms with Gasteiger partial charge in [0.05, 0.1) is 10.2 Å². The Morgan fingerprint density at radius 3 is 1.73 bits per heavy atom. The molecule has 0 saturated heterocycles. The van der Waals surface area contributed by atoms with E-state index in [0.29, 0.717) is 0 Å². The van der Waals surface area contributed by atoms with Crippen LogP contribution < -0.4 is 4.90 Å². The van der Waals surface area contributed by atoms with Crippen LogP contribution in [0.3, 0.4) is 0 Å². The molecule has 12 aromatic rings. The molecular weight excluding hydrogens is 729 g/mol. The van der Waals surface area contributed by atoms with Gasteiger partial charge in [0.15, 0.2) is 0 Å². The number of thiophene rings is 2. The van der Waals surface area contributed by atoms with Gasteiger partial charge in [-0.25, -0.2) is 4.98 Å². The number of furan rings is 1. The third kappa shape index (κ3) is 4.89. The third-order valence-corrected chi connectivity index (χ3v) is 14.2. The van der Waals surface area contributed by atoms with Crippen molar-refractivity contribution in [2.75, 3.05) is 4.90 Å². The first-order valence-electron chi connectivity index (χ1n) is 18.3. The van der Waals surface area contributed by atoms with E-state index >= 15 is 0 Å². The number of hydrogen-bond donors (Lipinski definition) is 0. The lowest BCUT2D eigenvalue weighted by atomic mass is 10.0. The van der Waals surface area contributed by atoms with E-state index in [-0.39, 0.29) is 0 Å². The maximum Gasteiger partial charge on any atom is 0.143 e. The number of benzene rings is 8. The van der Waals surface area contributed by atoms with Gasteiger partial charge in [-0.15, -0.1) is 34.0 Å². The molecule has 4 aromatic heterocycles. The SMILES string of the molecule is c1ccc(-c2nc3ccc4oc5c(-c6ccc(N(c7ccc8sc9ccccc9c8c7)c7ccc8sc9ccccc9c8c7)cc6)cccc5c4c3s2)cc1. The Balaban J connectivity index is 1.00. The maximum absolute atomic E-state index is 6.68. The molecule has 0 fully saturated rings. The highest BCUT2D eigenvalue weighted by Crippen LogP contribution is 2.45. The van der Waals surface area contributed by atoms with Crippen LogP contribution in [0.2, 0.25) is 0 Å². The molecule has 0 spiro atoms. The lowest BCUT2D eigenvalue weighted by molar-refractivity contribution is 0.670. The summed E-state index contributed by atoms with van der Waals surface area (Å²) in [5, 5.41) is 8.42. The van der Waals surface area contributed by atoms with Crippen LogP contribution in [0.5, 0.6) is 0 Å². The van der Waals surface area contributed by atoms with Crippen molar-refractivity contribution < 1.29 is 4.42 Å². The van der Waals surface area contributed by atoms with E-state index < -0.39 is 0 Å². The second-order valence-electron chi connectivity index (χ2n) is 13.9. The summed E-state index contributed by atoms with van der Waals surface area (Å²) in [6, 6.07) is 61.2. The van der Waals surface area contributed by atoms with E-state index in [1.54, 1.807) is 11.3 Å². The minimum atomic E-state index is 0.883. The van der Waals surface area contributed by atoms with Crippen molar-refractivity contribution in [2.24, 2.45) is 0 Å². The number of thiazole rings is 1. The molecule has 4 heterocycles. The van der Waals surface area contributed by atoms with Crippen LogP contribution in [-0.4, -0.2) is 4.98 Å². The molecule has 0 saturated carbocycles. The summed E-state index contributed by atoms with van der Waals surface area (Å²) in [6.07, 6.45) is 0. The Morgan fingerprint density at radius 1 is 0.436 bits per heavy atom. The molecule has 0 amide bonds. The van der Waals surface area contributed by atoms with Gasteiger partial charge in [-0.05, 0) is 78.4 Å². The summed E-state index contributed by atoms with van der Waals surface area (Å²) in [5.74, 6) is 0. The molecule has 6 heteroatoms. The fourth-order valence-corrected chi connectivity index (χ4v) is 11.4. The first-order valence-corrected chi connectivity index (χ1v) is 20.7. The van der Waals surface area contributed by atoms with Crippen molar-refractivity contribution in [2.45, 2.75) is 0 Å². The van der Waals surface area contributed by atoms with Gasteiger partial charge in [0.2, 0.25) is 0 Å². The zero-order valence-corrected chi connectivity index (χ0v) is 31.6. The first-order chi connectivity index (χ1) is 27.2. The highest BCUT2D eigenvalue weighted by molar-refractivity contribution is 7.26. The third-order valence-electron chi connectivity index (χ3n) is 10.7. The van der Waals surface area contributed by atoms with Crippen LogP contribution in [0.25, 0.3) is 94.2 Å². The predicted molar refractivity (Wildman–Crippen MR) is 238 cm³/mol. The van der Waals surface area contributed by atoms with Gasteiger partial charge in [-0.1, -0.05) is 97.1 Å². The number of para-hydroxylation sites is 1. The molecule has 8 aromatic carbocycles. The van der Waals surface area contributed by atoms with Gasteiger partial charge in [0, 0.05) is 79.3 Å². The van der Waals surface area contributed by atoms with Crippen LogP contribution in [0.4, 0.5) is 17.1 Å². The Labute approximate surface area is 327 Å². The van der Waals surface area contributed by atoms with Gasteiger partial charge >= 0.3 is 0 Å². The van der Waals surface area contributed by atoms with E-state index in [9.17, 15) is 0 Å². The quantitative estimate of drug-likeness (QED) is 0.175. The number of fused-ring (bicyclic) bond motifs is 11. The average molecular weight is 757 g/mol. The number of anilines is 3. The standard InChI is InChI=1S/C49H28N2OS3/c1-2-9-30(10-3-1)49-50-40-23-24-41-46(48(40)55-49)37-14-8-13-34(47(37)52-41)29-17-19-31(20-18-29)51(32-21-25-44-38(27-32)35-11-4-6-15-42(35)53-44)33-22-26-45-39(28-33)36-12-5-7-16-43(36)54-45/h1-28H. The molecular formula is C49H28N2OS3. The molecule has 0 N–H and O–H groups in total. The normalized spacial score (nSPS) is 12.0. The van der Waals surface area contributed by atoms with Gasteiger partial charge < -0.3 is 9.32 Å². The molecule has 0 aliphatic carbocycles. The largest absolute Gasteiger partial charge is 0.455 e. The van der Waals surface area contributed by atoms with Crippen LogP contribution in [0.1, 0.15) is 0 Å². The predicted octanol–water partition coefficient (Wildman–Crippen LogP) is 15.7. The average Bonchev–Trinajstić information content (AvgIpc) is 4.02. The fourth-order valence-electron chi connectivity index (χ4n) is 8.14. The number of hydrogen-bond acceptors (Lipinski definition) is 6. The second kappa shape index (κ2) is 12.1. The molecule has 55 heavy (non-hydrogen) atoms. The van der Waals surface area contributed by atoms with E-state index in [1.165, 1.54) is 40.3 Å². The topological polar surface area (TPSA) is 29.3 Å². The molecule has 0 radical (unpaired) electrons. The highest BCUT2D eigenvalue weighted by atomic mass is 32.1. The molecule has 0 unspecified atom stereocenters. The highest BCUT2D eigenvalue weighted by Gasteiger charge is 2.20. The van der Waals surface area contributed by atoms with Crippen LogP contribution in [-0.2, 0) is 0 Å². The van der Waals surface area contributed by atoms with Gasteiger partial charge in [0.25, 0.3) is 0 Å². The van der Waals surface area contributed by atoms with Crippen LogP contribution in [0, 0.1) is 0 Å². The molecule has 0 bridgehead atoms. The second-order valence-corrected chi connectivity index (χ2v) is 17.1. The zero-order chi connectivity index (χ0) is 36.0. The van der Waals surface area contributed by atoms with Gasteiger partial charge in [0.1, 0.15) is 16.2 Å². The monoisotopic (exact) mass is 756 g/mol.